The minimum absolute atomic E-state index is 0.497. The maximum atomic E-state index is 4.47. The molecule has 0 bridgehead atoms. The van der Waals surface area contributed by atoms with Crippen molar-refractivity contribution in [3.8, 4) is 0 Å². The highest BCUT2D eigenvalue weighted by molar-refractivity contribution is 5.85. The van der Waals surface area contributed by atoms with E-state index in [-0.39, 0.29) is 0 Å². The van der Waals surface area contributed by atoms with Crippen LogP contribution in [0.4, 0.5) is 11.5 Å². The van der Waals surface area contributed by atoms with Gasteiger partial charge in [0, 0.05) is 29.7 Å². The first-order chi connectivity index (χ1) is 10.1. The molecule has 1 N–H and O–H groups in total. The molecule has 0 aliphatic rings. The highest BCUT2D eigenvalue weighted by atomic mass is 15.0. The number of pyridine rings is 2. The Hall–Kier alpha value is -2.42. The number of aromatic nitrogens is 2. The SMILES string of the molecule is Cc1cnc(Nc2ccc3cnccc3c2)cc1C(C)C. The molecule has 0 saturated carbocycles. The maximum absolute atomic E-state index is 4.47. The van der Waals surface area contributed by atoms with Crippen LogP contribution < -0.4 is 5.32 Å². The summed E-state index contributed by atoms with van der Waals surface area (Å²) < 4.78 is 0. The van der Waals surface area contributed by atoms with Gasteiger partial charge >= 0.3 is 0 Å². The monoisotopic (exact) mass is 277 g/mol. The van der Waals surface area contributed by atoms with E-state index in [2.05, 4.69) is 60.3 Å². The van der Waals surface area contributed by atoms with Crippen molar-refractivity contribution >= 4 is 22.3 Å². The Bertz CT molecular complexity index is 778. The summed E-state index contributed by atoms with van der Waals surface area (Å²) in [5.41, 5.74) is 3.61. The summed E-state index contributed by atoms with van der Waals surface area (Å²) in [4.78, 5) is 8.61. The minimum Gasteiger partial charge on any atom is -0.340 e. The molecule has 2 aromatic heterocycles. The molecule has 3 heteroatoms. The van der Waals surface area contributed by atoms with Crippen molar-refractivity contribution in [2.24, 2.45) is 0 Å². The van der Waals surface area contributed by atoms with Crippen LogP contribution in [-0.4, -0.2) is 9.97 Å². The molecule has 0 aliphatic heterocycles. The number of nitrogens with one attached hydrogen (secondary N) is 1. The van der Waals surface area contributed by atoms with Gasteiger partial charge in [0.2, 0.25) is 0 Å². The minimum atomic E-state index is 0.497. The van der Waals surface area contributed by atoms with E-state index in [9.17, 15) is 0 Å². The van der Waals surface area contributed by atoms with E-state index in [0.717, 1.165) is 16.9 Å². The number of rotatable bonds is 3. The Morgan fingerprint density at radius 1 is 1.00 bits per heavy atom. The number of fused-ring (bicyclic) bond motifs is 1. The summed E-state index contributed by atoms with van der Waals surface area (Å²) in [6.45, 7) is 6.51. The topological polar surface area (TPSA) is 37.8 Å². The van der Waals surface area contributed by atoms with Crippen molar-refractivity contribution in [3.05, 3.63) is 60.0 Å². The molecule has 0 saturated heterocycles. The van der Waals surface area contributed by atoms with Gasteiger partial charge in [-0.25, -0.2) is 4.98 Å². The van der Waals surface area contributed by atoms with Crippen LogP contribution in [0.15, 0.2) is 48.9 Å². The number of anilines is 2. The van der Waals surface area contributed by atoms with Crippen LogP contribution in [0.2, 0.25) is 0 Å². The highest BCUT2D eigenvalue weighted by Gasteiger charge is 2.06. The number of hydrogen-bond donors (Lipinski definition) is 1. The van der Waals surface area contributed by atoms with Gasteiger partial charge in [0.05, 0.1) is 0 Å². The predicted octanol–water partition coefficient (Wildman–Crippen LogP) is 4.81. The molecule has 0 amide bonds. The average molecular weight is 277 g/mol. The molecule has 0 aliphatic carbocycles. The molecule has 106 valence electrons. The van der Waals surface area contributed by atoms with Crippen molar-refractivity contribution in [2.75, 3.05) is 5.32 Å². The molecule has 2 heterocycles. The Morgan fingerprint density at radius 3 is 2.67 bits per heavy atom. The lowest BCUT2D eigenvalue weighted by Gasteiger charge is -2.12. The van der Waals surface area contributed by atoms with Gasteiger partial charge in [0.1, 0.15) is 5.82 Å². The van der Waals surface area contributed by atoms with Crippen LogP contribution in [0.1, 0.15) is 30.9 Å². The van der Waals surface area contributed by atoms with Gasteiger partial charge in [-0.2, -0.15) is 0 Å². The largest absolute Gasteiger partial charge is 0.340 e. The lowest BCUT2D eigenvalue weighted by atomic mass is 10.00. The van der Waals surface area contributed by atoms with Crippen LogP contribution >= 0.6 is 0 Å². The molecule has 0 atom stereocenters. The molecule has 21 heavy (non-hydrogen) atoms. The van der Waals surface area contributed by atoms with Crippen LogP contribution in [0.25, 0.3) is 10.8 Å². The molecule has 1 aromatic carbocycles. The smallest absolute Gasteiger partial charge is 0.130 e. The highest BCUT2D eigenvalue weighted by Crippen LogP contribution is 2.24. The fourth-order valence-electron chi connectivity index (χ4n) is 2.54. The first kappa shape index (κ1) is 13.6. The van der Waals surface area contributed by atoms with E-state index in [1.165, 1.54) is 16.5 Å². The fourth-order valence-corrected chi connectivity index (χ4v) is 2.54. The average Bonchev–Trinajstić information content (AvgIpc) is 2.49. The van der Waals surface area contributed by atoms with Gasteiger partial charge < -0.3 is 5.32 Å². The summed E-state index contributed by atoms with van der Waals surface area (Å²) in [5, 5.41) is 5.70. The summed E-state index contributed by atoms with van der Waals surface area (Å²) >= 11 is 0. The van der Waals surface area contributed by atoms with Crippen LogP contribution in [-0.2, 0) is 0 Å². The third-order valence-electron chi connectivity index (χ3n) is 3.68. The van der Waals surface area contributed by atoms with E-state index in [4.69, 9.17) is 0 Å². The first-order valence-electron chi connectivity index (χ1n) is 7.21. The Kier molecular flexibility index (Phi) is 3.57. The molecular formula is C18H19N3. The predicted molar refractivity (Wildman–Crippen MR) is 88.1 cm³/mol. The normalized spacial score (nSPS) is 11.0. The lowest BCUT2D eigenvalue weighted by molar-refractivity contribution is 0.852. The Morgan fingerprint density at radius 2 is 1.86 bits per heavy atom. The van der Waals surface area contributed by atoms with E-state index in [1.54, 1.807) is 0 Å². The van der Waals surface area contributed by atoms with Gasteiger partial charge in [-0.1, -0.05) is 19.9 Å². The van der Waals surface area contributed by atoms with Crippen molar-refractivity contribution in [1.82, 2.24) is 9.97 Å². The molecule has 3 nitrogen and oxygen atoms in total. The first-order valence-corrected chi connectivity index (χ1v) is 7.21. The zero-order valence-electron chi connectivity index (χ0n) is 12.6. The van der Waals surface area contributed by atoms with Gasteiger partial charge in [-0.05, 0) is 53.6 Å². The molecule has 3 aromatic rings. The van der Waals surface area contributed by atoms with E-state index < -0.39 is 0 Å². The lowest BCUT2D eigenvalue weighted by Crippen LogP contribution is -1.99. The van der Waals surface area contributed by atoms with E-state index in [1.807, 2.05) is 24.7 Å². The third-order valence-corrected chi connectivity index (χ3v) is 3.68. The number of aryl methyl sites for hydroxylation is 1. The number of benzene rings is 1. The van der Waals surface area contributed by atoms with Crippen LogP contribution in [0.5, 0.6) is 0 Å². The standard InChI is InChI=1S/C18H19N3/c1-12(2)17-9-18(20-10-13(17)3)21-16-5-4-15-11-19-7-6-14(15)8-16/h4-12H,1-3H3,(H,20,21). The zero-order chi connectivity index (χ0) is 14.8. The molecule has 0 fully saturated rings. The zero-order valence-corrected chi connectivity index (χ0v) is 12.6. The van der Waals surface area contributed by atoms with Gasteiger partial charge in [0.15, 0.2) is 0 Å². The molecular weight excluding hydrogens is 258 g/mol. The summed E-state index contributed by atoms with van der Waals surface area (Å²) in [6, 6.07) is 10.4. The second kappa shape index (κ2) is 5.52. The Balaban J connectivity index is 1.93. The van der Waals surface area contributed by atoms with Gasteiger partial charge in [-0.15, -0.1) is 0 Å². The van der Waals surface area contributed by atoms with Crippen LogP contribution in [0, 0.1) is 6.92 Å². The quantitative estimate of drug-likeness (QED) is 0.747. The van der Waals surface area contributed by atoms with Crippen molar-refractivity contribution in [3.63, 3.8) is 0 Å². The fraction of sp³-hybridized carbons (Fsp3) is 0.222. The maximum Gasteiger partial charge on any atom is 0.130 e. The van der Waals surface area contributed by atoms with Crippen LogP contribution in [0.3, 0.4) is 0 Å². The van der Waals surface area contributed by atoms with Gasteiger partial charge in [-0.3, -0.25) is 4.98 Å². The molecule has 0 radical (unpaired) electrons. The molecule has 3 rings (SSSR count). The van der Waals surface area contributed by atoms with Crippen molar-refractivity contribution < 1.29 is 0 Å². The third kappa shape index (κ3) is 2.87. The van der Waals surface area contributed by atoms with Crippen molar-refractivity contribution in [1.29, 1.82) is 0 Å². The second-order valence-corrected chi connectivity index (χ2v) is 5.64. The number of nitrogens with zero attached hydrogens (tertiary/aromatic N) is 2. The van der Waals surface area contributed by atoms with Crippen molar-refractivity contribution in [2.45, 2.75) is 26.7 Å². The number of hydrogen-bond acceptors (Lipinski definition) is 3. The summed E-state index contributed by atoms with van der Waals surface area (Å²) in [6.07, 6.45) is 5.62. The summed E-state index contributed by atoms with van der Waals surface area (Å²) in [7, 11) is 0. The second-order valence-electron chi connectivity index (χ2n) is 5.64. The molecule has 0 spiro atoms. The van der Waals surface area contributed by atoms with E-state index in [0.29, 0.717) is 5.92 Å². The van der Waals surface area contributed by atoms with Gasteiger partial charge in [0.25, 0.3) is 0 Å². The summed E-state index contributed by atoms with van der Waals surface area (Å²) in [5.74, 6) is 1.38. The molecule has 0 unspecified atom stereocenters. The Labute approximate surface area is 125 Å². The van der Waals surface area contributed by atoms with E-state index >= 15 is 0 Å².